The molecule has 0 spiro atoms. The van der Waals surface area contributed by atoms with Crippen LogP contribution in [0.2, 0.25) is 0 Å². The summed E-state index contributed by atoms with van der Waals surface area (Å²) < 4.78 is 6.86. The number of benzene rings is 1. The summed E-state index contributed by atoms with van der Waals surface area (Å²) in [7, 11) is 0. The van der Waals surface area contributed by atoms with Crippen LogP contribution in [-0.2, 0) is 0 Å². The Morgan fingerprint density at radius 3 is 2.47 bits per heavy atom. The fourth-order valence-corrected chi connectivity index (χ4v) is 1.98. The van der Waals surface area contributed by atoms with E-state index in [1.165, 1.54) is 0 Å². The Bertz CT molecular complexity index is 574. The van der Waals surface area contributed by atoms with Gasteiger partial charge in [0, 0.05) is 0 Å². The van der Waals surface area contributed by atoms with E-state index in [0.29, 0.717) is 16.0 Å². The number of hydrogen-bond acceptors (Lipinski definition) is 2. The van der Waals surface area contributed by atoms with Gasteiger partial charge in [0.2, 0.25) is 0 Å². The van der Waals surface area contributed by atoms with Crippen LogP contribution in [0.5, 0.6) is 0 Å². The molecule has 17 heavy (non-hydrogen) atoms. The van der Waals surface area contributed by atoms with Crippen LogP contribution in [0.15, 0.2) is 50.0 Å². The van der Waals surface area contributed by atoms with Crippen LogP contribution in [-0.4, -0.2) is 0 Å². The Balaban J connectivity index is 2.41. The van der Waals surface area contributed by atoms with Crippen molar-refractivity contribution in [2.24, 2.45) is 0 Å². The fraction of sp³-hybridized carbons (Fsp3) is 0. The predicted octanol–water partition coefficient (Wildman–Crippen LogP) is 4.87. The summed E-state index contributed by atoms with van der Waals surface area (Å²) in [5.74, 6) is 0.629. The molecule has 0 bridgehead atoms. The number of furan rings is 1. The van der Waals surface area contributed by atoms with Gasteiger partial charge in [-0.25, -0.2) is 0 Å². The highest BCUT2D eigenvalue weighted by Crippen LogP contribution is 2.29. The number of nitrogens with zero attached hydrogens (tertiary/aromatic N) is 1. The van der Waals surface area contributed by atoms with E-state index in [1.807, 2.05) is 36.4 Å². The SMILES string of the molecule is N#C/C(=C\c1cc(Br)c(Br)o1)c1ccccc1. The highest BCUT2D eigenvalue weighted by molar-refractivity contribution is 9.13. The van der Waals surface area contributed by atoms with Crippen molar-refractivity contribution in [1.29, 1.82) is 5.26 Å². The Morgan fingerprint density at radius 1 is 1.24 bits per heavy atom. The Labute approximate surface area is 116 Å². The van der Waals surface area contributed by atoms with Crippen molar-refractivity contribution in [3.8, 4) is 6.07 Å². The second-order valence-corrected chi connectivity index (χ2v) is 4.88. The molecule has 1 aromatic heterocycles. The molecule has 0 unspecified atom stereocenters. The van der Waals surface area contributed by atoms with Crippen molar-refractivity contribution in [3.05, 3.63) is 56.9 Å². The standard InChI is InChI=1S/C13H7Br2NO/c14-12-7-11(17-13(12)15)6-10(8-16)9-4-2-1-3-5-9/h1-7H/b10-6+. The van der Waals surface area contributed by atoms with E-state index in [1.54, 1.807) is 6.08 Å². The third-order valence-electron chi connectivity index (χ3n) is 2.16. The molecule has 84 valence electrons. The third kappa shape index (κ3) is 2.87. The molecular weight excluding hydrogens is 346 g/mol. The number of halogens is 2. The zero-order valence-electron chi connectivity index (χ0n) is 8.65. The van der Waals surface area contributed by atoms with Crippen molar-refractivity contribution < 1.29 is 4.42 Å². The van der Waals surface area contributed by atoms with Gasteiger partial charge in [-0.2, -0.15) is 5.26 Å². The molecule has 0 saturated carbocycles. The maximum absolute atomic E-state index is 9.13. The van der Waals surface area contributed by atoms with E-state index in [9.17, 15) is 0 Å². The van der Waals surface area contributed by atoms with Gasteiger partial charge in [-0.05, 0) is 49.6 Å². The lowest BCUT2D eigenvalue weighted by Gasteiger charge is -1.96. The van der Waals surface area contributed by atoms with Crippen LogP contribution in [0.3, 0.4) is 0 Å². The van der Waals surface area contributed by atoms with E-state index in [4.69, 9.17) is 9.68 Å². The van der Waals surface area contributed by atoms with E-state index in [-0.39, 0.29) is 0 Å². The van der Waals surface area contributed by atoms with E-state index in [2.05, 4.69) is 37.9 Å². The smallest absolute Gasteiger partial charge is 0.184 e. The van der Waals surface area contributed by atoms with Gasteiger partial charge in [-0.3, -0.25) is 0 Å². The number of hydrogen-bond donors (Lipinski definition) is 0. The molecule has 4 heteroatoms. The number of rotatable bonds is 2. The summed E-state index contributed by atoms with van der Waals surface area (Å²) in [6, 6.07) is 13.5. The molecule has 2 aromatic rings. The van der Waals surface area contributed by atoms with Gasteiger partial charge in [-0.15, -0.1) is 0 Å². The van der Waals surface area contributed by atoms with Crippen LogP contribution in [0.4, 0.5) is 0 Å². The van der Waals surface area contributed by atoms with Crippen LogP contribution >= 0.6 is 31.9 Å². The molecule has 0 fully saturated rings. The summed E-state index contributed by atoms with van der Waals surface area (Å²) in [5, 5.41) is 9.13. The zero-order valence-corrected chi connectivity index (χ0v) is 11.8. The second-order valence-electron chi connectivity index (χ2n) is 3.31. The van der Waals surface area contributed by atoms with Crippen molar-refractivity contribution in [1.82, 2.24) is 0 Å². The Morgan fingerprint density at radius 2 is 1.94 bits per heavy atom. The van der Waals surface area contributed by atoms with Gasteiger partial charge in [0.1, 0.15) is 5.76 Å². The molecule has 0 saturated heterocycles. The molecule has 0 aliphatic rings. The monoisotopic (exact) mass is 351 g/mol. The van der Waals surface area contributed by atoms with Crippen molar-refractivity contribution in [2.75, 3.05) is 0 Å². The minimum absolute atomic E-state index is 0.569. The molecule has 2 rings (SSSR count). The van der Waals surface area contributed by atoms with Gasteiger partial charge in [0.05, 0.1) is 16.1 Å². The van der Waals surface area contributed by atoms with Gasteiger partial charge in [0.15, 0.2) is 4.67 Å². The predicted molar refractivity (Wildman–Crippen MR) is 74.0 cm³/mol. The highest BCUT2D eigenvalue weighted by atomic mass is 79.9. The lowest BCUT2D eigenvalue weighted by atomic mass is 10.1. The average molecular weight is 353 g/mol. The molecule has 0 aliphatic heterocycles. The number of nitriles is 1. The maximum atomic E-state index is 9.13. The summed E-state index contributed by atoms with van der Waals surface area (Å²) >= 11 is 6.59. The van der Waals surface area contributed by atoms with Crippen molar-refractivity contribution in [2.45, 2.75) is 0 Å². The first-order valence-electron chi connectivity index (χ1n) is 4.83. The Kier molecular flexibility index (Phi) is 3.82. The van der Waals surface area contributed by atoms with Crippen LogP contribution in [0.1, 0.15) is 11.3 Å². The molecule has 0 amide bonds. The van der Waals surface area contributed by atoms with E-state index in [0.717, 1.165) is 10.0 Å². The molecule has 0 radical (unpaired) electrons. The first kappa shape index (κ1) is 12.2. The maximum Gasteiger partial charge on any atom is 0.184 e. The van der Waals surface area contributed by atoms with Gasteiger partial charge in [-0.1, -0.05) is 30.3 Å². The lowest BCUT2D eigenvalue weighted by molar-refractivity contribution is 0.530. The lowest BCUT2D eigenvalue weighted by Crippen LogP contribution is -1.79. The minimum atomic E-state index is 0.569. The van der Waals surface area contributed by atoms with Crippen LogP contribution in [0.25, 0.3) is 11.6 Å². The first-order chi connectivity index (χ1) is 8.20. The zero-order chi connectivity index (χ0) is 12.3. The summed E-state index contributed by atoms with van der Waals surface area (Å²) in [6.07, 6.45) is 1.71. The third-order valence-corrected chi connectivity index (χ3v) is 3.87. The van der Waals surface area contributed by atoms with Crippen molar-refractivity contribution >= 4 is 43.5 Å². The molecule has 0 N–H and O–H groups in total. The van der Waals surface area contributed by atoms with E-state index >= 15 is 0 Å². The quantitative estimate of drug-likeness (QED) is 0.723. The topological polar surface area (TPSA) is 36.9 Å². The van der Waals surface area contributed by atoms with Crippen LogP contribution in [0, 0.1) is 11.3 Å². The first-order valence-corrected chi connectivity index (χ1v) is 6.41. The van der Waals surface area contributed by atoms with Gasteiger partial charge >= 0.3 is 0 Å². The molecule has 0 atom stereocenters. The van der Waals surface area contributed by atoms with Gasteiger partial charge in [0.25, 0.3) is 0 Å². The fourth-order valence-electron chi connectivity index (χ4n) is 1.37. The molecular formula is C13H7Br2NO. The minimum Gasteiger partial charge on any atom is -0.449 e. The van der Waals surface area contributed by atoms with Gasteiger partial charge < -0.3 is 4.42 Å². The van der Waals surface area contributed by atoms with E-state index < -0.39 is 0 Å². The van der Waals surface area contributed by atoms with Crippen molar-refractivity contribution in [3.63, 3.8) is 0 Å². The summed E-state index contributed by atoms with van der Waals surface area (Å²) in [5.41, 5.74) is 1.44. The Hall–Kier alpha value is -1.31. The molecule has 1 aromatic carbocycles. The largest absolute Gasteiger partial charge is 0.449 e. The number of allylic oxidation sites excluding steroid dienone is 1. The molecule has 0 aliphatic carbocycles. The highest BCUT2D eigenvalue weighted by Gasteiger charge is 2.06. The normalized spacial score (nSPS) is 11.2. The second kappa shape index (κ2) is 5.35. The molecule has 1 heterocycles. The average Bonchev–Trinajstić information content (AvgIpc) is 2.67. The summed E-state index contributed by atoms with van der Waals surface area (Å²) in [4.78, 5) is 0. The van der Waals surface area contributed by atoms with Crippen LogP contribution < -0.4 is 0 Å². The molecule has 2 nitrogen and oxygen atoms in total. The summed E-state index contributed by atoms with van der Waals surface area (Å²) in [6.45, 7) is 0.